The van der Waals surface area contributed by atoms with Gasteiger partial charge in [0.05, 0.1) is 12.1 Å². The summed E-state index contributed by atoms with van der Waals surface area (Å²) in [5, 5.41) is 3.86. The third-order valence-corrected chi connectivity index (χ3v) is 3.59. The van der Waals surface area contributed by atoms with Gasteiger partial charge in [0, 0.05) is 36.0 Å². The van der Waals surface area contributed by atoms with E-state index in [1.54, 1.807) is 0 Å². The lowest BCUT2D eigenvalue weighted by atomic mass is 10.1. The number of carbonyl (C=O) groups is 1. The molecule has 2 aromatic rings. The number of ether oxygens (including phenoxy) is 1. The van der Waals surface area contributed by atoms with Crippen molar-refractivity contribution >= 4 is 16.8 Å². The number of hydrogen-bond donors (Lipinski definition) is 1. The predicted octanol–water partition coefficient (Wildman–Crippen LogP) is 2.37. The first kappa shape index (κ1) is 12.9. The number of aromatic nitrogens is 1. The van der Waals surface area contributed by atoms with Crippen LogP contribution in [0.1, 0.15) is 17.7 Å². The van der Waals surface area contributed by atoms with Crippen LogP contribution in [-0.4, -0.2) is 24.0 Å². The number of hydrogen-bond acceptors (Lipinski definition) is 3. The Hall–Kier alpha value is -2.10. The minimum atomic E-state index is 0.116. The second-order valence-electron chi connectivity index (χ2n) is 5.47. The Labute approximate surface area is 118 Å². The van der Waals surface area contributed by atoms with Crippen LogP contribution in [0, 0.1) is 19.8 Å². The Morgan fingerprint density at radius 1 is 1.35 bits per heavy atom. The lowest BCUT2D eigenvalue weighted by Crippen LogP contribution is -2.16. The highest BCUT2D eigenvalue weighted by atomic mass is 16.5. The molecule has 0 saturated carbocycles. The Morgan fingerprint density at radius 2 is 2.20 bits per heavy atom. The highest BCUT2D eigenvalue weighted by Crippen LogP contribution is 2.27. The van der Waals surface area contributed by atoms with Gasteiger partial charge in [0.1, 0.15) is 5.75 Å². The monoisotopic (exact) mass is 270 g/mol. The molecule has 2 heterocycles. The van der Waals surface area contributed by atoms with E-state index in [1.807, 2.05) is 19.1 Å². The number of benzene rings is 1. The van der Waals surface area contributed by atoms with Gasteiger partial charge in [-0.1, -0.05) is 6.07 Å². The summed E-state index contributed by atoms with van der Waals surface area (Å²) < 4.78 is 5.94. The summed E-state index contributed by atoms with van der Waals surface area (Å²) in [4.78, 5) is 15.7. The van der Waals surface area contributed by atoms with Crippen molar-refractivity contribution in [3.63, 3.8) is 0 Å². The number of carbonyl (C=O) groups excluding carboxylic acids is 1. The largest absolute Gasteiger partial charge is 0.492 e. The fourth-order valence-electron chi connectivity index (χ4n) is 2.54. The number of nitrogens with zero attached hydrogens (tertiary/aromatic N) is 1. The maximum atomic E-state index is 11.2. The van der Waals surface area contributed by atoms with Crippen molar-refractivity contribution in [1.82, 2.24) is 10.3 Å². The summed E-state index contributed by atoms with van der Waals surface area (Å²) in [6, 6.07) is 8.13. The summed E-state index contributed by atoms with van der Waals surface area (Å²) in [7, 11) is 0. The molecule has 20 heavy (non-hydrogen) atoms. The Balaban J connectivity index is 1.85. The van der Waals surface area contributed by atoms with Crippen LogP contribution in [-0.2, 0) is 4.79 Å². The van der Waals surface area contributed by atoms with E-state index in [2.05, 4.69) is 29.4 Å². The van der Waals surface area contributed by atoms with Gasteiger partial charge < -0.3 is 10.1 Å². The normalized spacial score (nSPS) is 18.3. The molecule has 0 spiro atoms. The van der Waals surface area contributed by atoms with Crippen LogP contribution >= 0.6 is 0 Å². The molecule has 1 aliphatic rings. The number of rotatable bonds is 3. The summed E-state index contributed by atoms with van der Waals surface area (Å²) in [6.07, 6.45) is 0.557. The van der Waals surface area contributed by atoms with Crippen molar-refractivity contribution in [2.24, 2.45) is 5.92 Å². The number of fused-ring (bicyclic) bond motifs is 1. The molecule has 0 bridgehead atoms. The first-order valence-corrected chi connectivity index (χ1v) is 6.89. The zero-order valence-corrected chi connectivity index (χ0v) is 11.8. The zero-order valence-electron chi connectivity index (χ0n) is 11.8. The summed E-state index contributed by atoms with van der Waals surface area (Å²) in [5.41, 5.74) is 3.09. The molecule has 4 nitrogen and oxygen atoms in total. The molecule has 1 unspecified atom stereocenters. The maximum Gasteiger partial charge on any atom is 0.220 e. The minimum absolute atomic E-state index is 0.116. The van der Waals surface area contributed by atoms with Crippen LogP contribution in [0.15, 0.2) is 24.3 Å². The lowest BCUT2D eigenvalue weighted by Gasteiger charge is -2.13. The maximum absolute atomic E-state index is 11.2. The van der Waals surface area contributed by atoms with Crippen molar-refractivity contribution < 1.29 is 9.53 Å². The molecule has 1 atom stereocenters. The average molecular weight is 270 g/mol. The molecular weight excluding hydrogens is 252 g/mol. The lowest BCUT2D eigenvalue weighted by molar-refractivity contribution is -0.119. The van der Waals surface area contributed by atoms with Crippen LogP contribution < -0.4 is 10.1 Å². The SMILES string of the molecule is Cc1ccc2c(OCC3CNC(=O)C3)cc(C)nc2c1. The third kappa shape index (κ3) is 2.59. The predicted molar refractivity (Wildman–Crippen MR) is 77.8 cm³/mol. The van der Waals surface area contributed by atoms with Crippen molar-refractivity contribution in [2.45, 2.75) is 20.3 Å². The van der Waals surface area contributed by atoms with Crippen LogP contribution in [0.5, 0.6) is 5.75 Å². The third-order valence-electron chi connectivity index (χ3n) is 3.59. The van der Waals surface area contributed by atoms with Crippen LogP contribution in [0.25, 0.3) is 10.9 Å². The highest BCUT2D eigenvalue weighted by Gasteiger charge is 2.22. The fourth-order valence-corrected chi connectivity index (χ4v) is 2.54. The van der Waals surface area contributed by atoms with Crippen LogP contribution in [0.4, 0.5) is 0 Å². The van der Waals surface area contributed by atoms with E-state index < -0.39 is 0 Å². The van der Waals surface area contributed by atoms with E-state index >= 15 is 0 Å². The quantitative estimate of drug-likeness (QED) is 0.931. The van der Waals surface area contributed by atoms with Gasteiger partial charge in [-0.15, -0.1) is 0 Å². The molecule has 104 valence electrons. The number of amides is 1. The van der Waals surface area contributed by atoms with Crippen molar-refractivity contribution in [1.29, 1.82) is 0 Å². The second-order valence-corrected chi connectivity index (χ2v) is 5.47. The molecule has 1 N–H and O–H groups in total. The van der Waals surface area contributed by atoms with E-state index in [0.29, 0.717) is 19.6 Å². The minimum Gasteiger partial charge on any atom is -0.492 e. The van der Waals surface area contributed by atoms with Crippen LogP contribution in [0.2, 0.25) is 0 Å². The van der Waals surface area contributed by atoms with Gasteiger partial charge in [0.25, 0.3) is 0 Å². The van der Waals surface area contributed by atoms with Crippen molar-refractivity contribution in [2.75, 3.05) is 13.2 Å². The molecule has 0 aliphatic carbocycles. The standard InChI is InChI=1S/C16H18N2O2/c1-10-3-4-13-14(5-10)18-11(2)6-15(13)20-9-12-7-16(19)17-8-12/h3-6,12H,7-9H2,1-2H3,(H,17,19). The van der Waals surface area contributed by atoms with Gasteiger partial charge in [-0.25, -0.2) is 0 Å². The van der Waals surface area contributed by atoms with E-state index in [-0.39, 0.29) is 11.8 Å². The molecule has 1 aliphatic heterocycles. The van der Waals surface area contributed by atoms with E-state index in [4.69, 9.17) is 4.74 Å². The van der Waals surface area contributed by atoms with Gasteiger partial charge in [-0.05, 0) is 31.5 Å². The van der Waals surface area contributed by atoms with E-state index in [0.717, 1.165) is 22.3 Å². The number of nitrogens with one attached hydrogen (secondary N) is 1. The molecule has 1 fully saturated rings. The van der Waals surface area contributed by atoms with Gasteiger partial charge in [0.2, 0.25) is 5.91 Å². The Kier molecular flexibility index (Phi) is 3.30. The van der Waals surface area contributed by atoms with Crippen molar-refractivity contribution in [3.8, 4) is 5.75 Å². The number of pyridine rings is 1. The fraction of sp³-hybridized carbons (Fsp3) is 0.375. The molecule has 0 radical (unpaired) electrons. The molecule has 1 aromatic heterocycles. The Morgan fingerprint density at radius 3 is 2.95 bits per heavy atom. The molecule has 1 amide bonds. The molecule has 4 heteroatoms. The second kappa shape index (κ2) is 5.12. The molecule has 1 aromatic carbocycles. The van der Waals surface area contributed by atoms with Crippen molar-refractivity contribution in [3.05, 3.63) is 35.5 Å². The highest BCUT2D eigenvalue weighted by molar-refractivity contribution is 5.85. The summed E-state index contributed by atoms with van der Waals surface area (Å²) in [5.74, 6) is 1.23. The van der Waals surface area contributed by atoms with Gasteiger partial charge in [0.15, 0.2) is 0 Å². The van der Waals surface area contributed by atoms with Crippen LogP contribution in [0.3, 0.4) is 0 Å². The number of aryl methyl sites for hydroxylation is 2. The average Bonchev–Trinajstić information content (AvgIpc) is 2.81. The molecule has 1 saturated heterocycles. The molecular formula is C16H18N2O2. The van der Waals surface area contributed by atoms with E-state index in [9.17, 15) is 4.79 Å². The van der Waals surface area contributed by atoms with Gasteiger partial charge >= 0.3 is 0 Å². The molecule has 3 rings (SSSR count). The topological polar surface area (TPSA) is 51.2 Å². The van der Waals surface area contributed by atoms with Gasteiger partial charge in [-0.2, -0.15) is 0 Å². The smallest absolute Gasteiger partial charge is 0.220 e. The zero-order chi connectivity index (χ0) is 14.1. The van der Waals surface area contributed by atoms with E-state index in [1.165, 1.54) is 5.56 Å². The first-order valence-electron chi connectivity index (χ1n) is 6.89. The first-order chi connectivity index (χ1) is 9.61. The Bertz CT molecular complexity index is 662. The summed E-state index contributed by atoms with van der Waals surface area (Å²) >= 11 is 0. The summed E-state index contributed by atoms with van der Waals surface area (Å²) in [6.45, 7) is 5.29. The van der Waals surface area contributed by atoms with Gasteiger partial charge in [-0.3, -0.25) is 9.78 Å².